The van der Waals surface area contributed by atoms with Crippen molar-refractivity contribution >= 4 is 17.6 Å². The van der Waals surface area contributed by atoms with E-state index in [4.69, 9.17) is 5.73 Å². The maximum Gasteiger partial charge on any atom is 0.236 e. The summed E-state index contributed by atoms with van der Waals surface area (Å²) in [5.74, 6) is -3.37. The summed E-state index contributed by atoms with van der Waals surface area (Å²) >= 11 is 0. The van der Waals surface area contributed by atoms with Crippen LogP contribution in [0.3, 0.4) is 0 Å². The third-order valence-electron chi connectivity index (χ3n) is 4.28. The van der Waals surface area contributed by atoms with Gasteiger partial charge in [0, 0.05) is 19.3 Å². The van der Waals surface area contributed by atoms with Gasteiger partial charge in [0.15, 0.2) is 11.6 Å². The zero-order chi connectivity index (χ0) is 20.7. The lowest BCUT2D eigenvalue weighted by atomic mass is 9.97. The van der Waals surface area contributed by atoms with Crippen molar-refractivity contribution in [2.24, 2.45) is 0 Å². The number of amides is 2. The highest BCUT2D eigenvalue weighted by Crippen LogP contribution is 2.19. The standard InChI is InChI=1S/C19H23F2N5O2/c1-11(23-2)18(27)26-10-14(13-4-5-15(20)16(21)7-13)19(28)25-9-12-3-6-17(22)24-8-12/h3-8,11,14,23H,9-10H2,1-2H3,(H2,22,24)(H,25,28)(H,26,27)/t11-,14-/m0/s1. The Balaban J connectivity index is 2.13. The normalized spacial score (nSPS) is 12.9. The first-order valence-corrected chi connectivity index (χ1v) is 8.70. The van der Waals surface area contributed by atoms with Crippen molar-refractivity contribution in [2.75, 3.05) is 19.3 Å². The minimum absolute atomic E-state index is 0.0677. The summed E-state index contributed by atoms with van der Waals surface area (Å²) in [7, 11) is 1.63. The van der Waals surface area contributed by atoms with Crippen LogP contribution >= 0.6 is 0 Å². The fraction of sp³-hybridized carbons (Fsp3) is 0.316. The minimum Gasteiger partial charge on any atom is -0.384 e. The van der Waals surface area contributed by atoms with Crippen LogP contribution < -0.4 is 21.7 Å². The molecule has 150 valence electrons. The van der Waals surface area contributed by atoms with Crippen LogP contribution in [0.5, 0.6) is 0 Å². The molecule has 0 saturated carbocycles. The molecule has 1 aromatic heterocycles. The van der Waals surface area contributed by atoms with Crippen molar-refractivity contribution in [3.63, 3.8) is 0 Å². The fourth-order valence-electron chi connectivity index (χ4n) is 2.43. The lowest BCUT2D eigenvalue weighted by Gasteiger charge is -2.19. The van der Waals surface area contributed by atoms with Crippen LogP contribution in [0.1, 0.15) is 24.0 Å². The molecule has 0 spiro atoms. The topological polar surface area (TPSA) is 109 Å². The second kappa shape index (κ2) is 9.75. The average Bonchev–Trinajstić information content (AvgIpc) is 2.69. The van der Waals surface area contributed by atoms with Crippen LogP contribution in [-0.4, -0.2) is 36.4 Å². The van der Waals surface area contributed by atoms with Crippen molar-refractivity contribution < 1.29 is 18.4 Å². The molecule has 1 aromatic carbocycles. The van der Waals surface area contributed by atoms with Gasteiger partial charge in [0.25, 0.3) is 0 Å². The number of halogens is 2. The summed E-state index contributed by atoms with van der Waals surface area (Å²) in [5.41, 5.74) is 6.50. The number of pyridine rings is 1. The molecule has 2 atom stereocenters. The van der Waals surface area contributed by atoms with Gasteiger partial charge in [-0.15, -0.1) is 0 Å². The number of hydrogen-bond acceptors (Lipinski definition) is 5. The maximum atomic E-state index is 13.6. The number of nitrogen functional groups attached to an aromatic ring is 1. The Morgan fingerprint density at radius 2 is 1.86 bits per heavy atom. The quantitative estimate of drug-likeness (QED) is 0.538. The first kappa shape index (κ1) is 21.2. The number of carbonyl (C=O) groups excluding carboxylic acids is 2. The Kier molecular flexibility index (Phi) is 7.39. The summed E-state index contributed by atoms with van der Waals surface area (Å²) in [4.78, 5) is 28.6. The van der Waals surface area contributed by atoms with Gasteiger partial charge >= 0.3 is 0 Å². The number of benzene rings is 1. The Morgan fingerprint density at radius 3 is 2.46 bits per heavy atom. The molecule has 2 rings (SSSR count). The number of rotatable bonds is 8. The van der Waals surface area contributed by atoms with Gasteiger partial charge in [-0.05, 0) is 43.3 Å². The number of nitrogens with two attached hydrogens (primary N) is 1. The van der Waals surface area contributed by atoms with Crippen LogP contribution in [0.2, 0.25) is 0 Å². The van der Waals surface area contributed by atoms with Crippen molar-refractivity contribution in [3.05, 3.63) is 59.3 Å². The molecule has 1 heterocycles. The molecule has 0 saturated heterocycles. The Labute approximate surface area is 161 Å². The fourth-order valence-corrected chi connectivity index (χ4v) is 2.43. The van der Waals surface area contributed by atoms with E-state index < -0.39 is 29.5 Å². The van der Waals surface area contributed by atoms with Crippen molar-refractivity contribution in [1.29, 1.82) is 0 Å². The van der Waals surface area contributed by atoms with Crippen molar-refractivity contribution in [1.82, 2.24) is 20.9 Å². The molecule has 0 aliphatic heterocycles. The smallest absolute Gasteiger partial charge is 0.236 e. The largest absolute Gasteiger partial charge is 0.384 e. The lowest BCUT2D eigenvalue weighted by Crippen LogP contribution is -2.44. The molecule has 2 aromatic rings. The van der Waals surface area contributed by atoms with Gasteiger partial charge in [-0.25, -0.2) is 13.8 Å². The monoisotopic (exact) mass is 391 g/mol. The summed E-state index contributed by atoms with van der Waals surface area (Å²) in [5, 5.41) is 8.15. The first-order valence-electron chi connectivity index (χ1n) is 8.70. The number of hydrogen-bond donors (Lipinski definition) is 4. The van der Waals surface area contributed by atoms with E-state index in [0.717, 1.165) is 17.7 Å². The van der Waals surface area contributed by atoms with Crippen LogP contribution in [0.25, 0.3) is 0 Å². The van der Waals surface area contributed by atoms with Gasteiger partial charge in [-0.3, -0.25) is 9.59 Å². The summed E-state index contributed by atoms with van der Waals surface area (Å²) in [6.07, 6.45) is 1.53. The number of likely N-dealkylation sites (N-methyl/N-ethyl adjacent to an activating group) is 1. The molecular weight excluding hydrogens is 368 g/mol. The predicted molar refractivity (Wildman–Crippen MR) is 101 cm³/mol. The molecule has 7 nitrogen and oxygen atoms in total. The van der Waals surface area contributed by atoms with Crippen LogP contribution in [0.15, 0.2) is 36.5 Å². The Hall–Kier alpha value is -3.07. The van der Waals surface area contributed by atoms with Crippen LogP contribution in [0, 0.1) is 11.6 Å². The summed E-state index contributed by atoms with van der Waals surface area (Å²) < 4.78 is 26.9. The molecule has 0 aliphatic carbocycles. The minimum atomic E-state index is -1.06. The molecule has 0 aliphatic rings. The highest BCUT2D eigenvalue weighted by molar-refractivity contribution is 5.86. The molecule has 0 bridgehead atoms. The molecule has 0 radical (unpaired) electrons. The first-order chi connectivity index (χ1) is 13.3. The molecule has 2 amide bonds. The van der Waals surface area contributed by atoms with E-state index in [1.165, 1.54) is 12.3 Å². The third-order valence-corrected chi connectivity index (χ3v) is 4.28. The maximum absolute atomic E-state index is 13.6. The second-order valence-electron chi connectivity index (χ2n) is 6.29. The van der Waals surface area contributed by atoms with Gasteiger partial charge in [0.1, 0.15) is 5.82 Å². The highest BCUT2D eigenvalue weighted by atomic mass is 19.2. The van der Waals surface area contributed by atoms with Crippen molar-refractivity contribution in [3.8, 4) is 0 Å². The molecule has 9 heteroatoms. The van der Waals surface area contributed by atoms with E-state index in [1.807, 2.05) is 0 Å². The van der Waals surface area contributed by atoms with Gasteiger partial charge in [-0.2, -0.15) is 0 Å². The number of anilines is 1. The number of aromatic nitrogens is 1. The molecular formula is C19H23F2N5O2. The van der Waals surface area contributed by atoms with Crippen LogP contribution in [-0.2, 0) is 16.1 Å². The van der Waals surface area contributed by atoms with E-state index in [9.17, 15) is 18.4 Å². The van der Waals surface area contributed by atoms with E-state index in [-0.39, 0.29) is 24.6 Å². The van der Waals surface area contributed by atoms with Gasteiger partial charge < -0.3 is 21.7 Å². The zero-order valence-electron chi connectivity index (χ0n) is 15.6. The van der Waals surface area contributed by atoms with Gasteiger partial charge in [-0.1, -0.05) is 12.1 Å². The third kappa shape index (κ3) is 5.71. The van der Waals surface area contributed by atoms with Crippen LogP contribution in [0.4, 0.5) is 14.6 Å². The number of carbonyl (C=O) groups is 2. The number of nitrogens with one attached hydrogen (secondary N) is 3. The second-order valence-corrected chi connectivity index (χ2v) is 6.29. The molecule has 0 unspecified atom stereocenters. The predicted octanol–water partition coefficient (Wildman–Crippen LogP) is 1.07. The molecule has 5 N–H and O–H groups in total. The van der Waals surface area contributed by atoms with E-state index >= 15 is 0 Å². The summed E-state index contributed by atoms with van der Waals surface area (Å²) in [6, 6.07) is 6.08. The highest BCUT2D eigenvalue weighted by Gasteiger charge is 2.23. The average molecular weight is 391 g/mol. The Morgan fingerprint density at radius 1 is 1.11 bits per heavy atom. The van der Waals surface area contributed by atoms with Gasteiger partial charge in [0.2, 0.25) is 11.8 Å². The molecule has 0 fully saturated rings. The SMILES string of the molecule is CN[C@@H](C)C(=O)NC[C@H](C(=O)NCc1ccc(N)nc1)c1ccc(F)c(F)c1. The van der Waals surface area contributed by atoms with E-state index in [1.54, 1.807) is 26.1 Å². The number of nitrogens with zero attached hydrogens (tertiary/aromatic N) is 1. The van der Waals surface area contributed by atoms with Gasteiger partial charge in [0.05, 0.1) is 12.0 Å². The van der Waals surface area contributed by atoms with Crippen molar-refractivity contribution in [2.45, 2.75) is 25.4 Å². The Bertz CT molecular complexity index is 830. The van der Waals surface area contributed by atoms with E-state index in [2.05, 4.69) is 20.9 Å². The zero-order valence-corrected chi connectivity index (χ0v) is 15.6. The van der Waals surface area contributed by atoms with E-state index in [0.29, 0.717) is 5.82 Å². The lowest BCUT2D eigenvalue weighted by molar-refractivity contribution is -0.124. The molecule has 28 heavy (non-hydrogen) atoms. The summed E-state index contributed by atoms with van der Waals surface area (Å²) in [6.45, 7) is 1.77.